The molecule has 1 aromatic carbocycles. The highest BCUT2D eigenvalue weighted by Gasteiger charge is 2.23. The molecule has 1 aromatic rings. The predicted molar refractivity (Wildman–Crippen MR) is 91.1 cm³/mol. The van der Waals surface area contributed by atoms with Gasteiger partial charge in [-0.15, -0.1) is 0 Å². The molecule has 1 heterocycles. The summed E-state index contributed by atoms with van der Waals surface area (Å²) in [6.07, 6.45) is 9.53. The number of rotatable bonds is 8. The first-order valence-electron chi connectivity index (χ1n) is 8.32. The van der Waals surface area contributed by atoms with Crippen molar-refractivity contribution in [1.82, 2.24) is 4.90 Å². The molecule has 4 nitrogen and oxygen atoms in total. The van der Waals surface area contributed by atoms with Crippen LogP contribution in [0, 0.1) is 0 Å². The van der Waals surface area contributed by atoms with Crippen molar-refractivity contribution in [2.45, 2.75) is 58.5 Å². The zero-order chi connectivity index (χ0) is 16.7. The first kappa shape index (κ1) is 17.3. The molecule has 1 N–H and O–H groups in total. The van der Waals surface area contributed by atoms with Crippen LogP contribution in [0.4, 0.5) is 4.79 Å². The average Bonchev–Trinajstić information content (AvgIpc) is 2.94. The van der Waals surface area contributed by atoms with E-state index in [1.165, 1.54) is 4.90 Å². The van der Waals surface area contributed by atoms with Crippen molar-refractivity contribution in [1.29, 1.82) is 0 Å². The lowest BCUT2D eigenvalue weighted by Gasteiger charge is -2.09. The molecule has 1 amide bonds. The van der Waals surface area contributed by atoms with Crippen LogP contribution in [0.5, 0.6) is 0 Å². The van der Waals surface area contributed by atoms with E-state index in [0.29, 0.717) is 19.5 Å². The smallest absolute Gasteiger partial charge is 0.407 e. The summed E-state index contributed by atoms with van der Waals surface area (Å²) in [6.45, 7) is 2.62. The fourth-order valence-corrected chi connectivity index (χ4v) is 2.94. The van der Waals surface area contributed by atoms with E-state index in [2.05, 4.69) is 12.2 Å². The molecule has 1 aliphatic heterocycles. The molecule has 4 heteroatoms. The lowest BCUT2D eigenvalue weighted by Crippen LogP contribution is -2.22. The molecule has 0 aromatic heterocycles. The van der Waals surface area contributed by atoms with Crippen LogP contribution >= 0.6 is 0 Å². The summed E-state index contributed by atoms with van der Waals surface area (Å²) in [7, 11) is 0. The molecule has 0 radical (unpaired) electrons. The Kier molecular flexibility index (Phi) is 6.39. The summed E-state index contributed by atoms with van der Waals surface area (Å²) < 4.78 is 0. The number of hydrogen-bond donors (Lipinski definition) is 1. The van der Waals surface area contributed by atoms with Gasteiger partial charge in [-0.2, -0.15) is 0 Å². The summed E-state index contributed by atoms with van der Waals surface area (Å²) >= 11 is 0. The molecule has 124 valence electrons. The number of carbonyl (C=O) groups is 2. The Morgan fingerprint density at radius 2 is 1.96 bits per heavy atom. The van der Waals surface area contributed by atoms with Crippen molar-refractivity contribution in [3.8, 4) is 0 Å². The first-order chi connectivity index (χ1) is 11.1. The van der Waals surface area contributed by atoms with Gasteiger partial charge in [0.05, 0.1) is 6.54 Å². The van der Waals surface area contributed by atoms with Gasteiger partial charge in [-0.25, -0.2) is 4.79 Å². The van der Waals surface area contributed by atoms with E-state index >= 15 is 0 Å². The van der Waals surface area contributed by atoms with Gasteiger partial charge in [-0.3, -0.25) is 4.90 Å². The molecule has 23 heavy (non-hydrogen) atoms. The fourth-order valence-electron chi connectivity index (χ4n) is 2.94. The Hall–Kier alpha value is -2.10. The molecule has 0 saturated carbocycles. The van der Waals surface area contributed by atoms with E-state index in [9.17, 15) is 9.59 Å². The maximum Gasteiger partial charge on any atom is 0.407 e. The molecular formula is C19H25NO3. The maximum absolute atomic E-state index is 11.1. The van der Waals surface area contributed by atoms with Crippen molar-refractivity contribution in [2.24, 2.45) is 0 Å². The van der Waals surface area contributed by atoms with Crippen LogP contribution in [0.2, 0.25) is 0 Å². The number of carboxylic acid groups (broad SMARTS) is 1. The number of allylic oxidation sites excluding steroid dienone is 1. The molecule has 1 aliphatic rings. The minimum atomic E-state index is -0.860. The number of ketones is 1. The van der Waals surface area contributed by atoms with Crippen LogP contribution in [0.1, 0.15) is 62.1 Å². The topological polar surface area (TPSA) is 57.6 Å². The molecule has 0 saturated heterocycles. The van der Waals surface area contributed by atoms with Gasteiger partial charge in [0.25, 0.3) is 0 Å². The number of hydrogen-bond acceptors (Lipinski definition) is 2. The number of amides is 1. The van der Waals surface area contributed by atoms with Crippen molar-refractivity contribution >= 4 is 18.0 Å². The number of nitrogens with zero attached hydrogens (tertiary/aromatic N) is 1. The summed E-state index contributed by atoms with van der Waals surface area (Å²) in [5, 5.41) is 9.11. The second-order valence-corrected chi connectivity index (χ2v) is 6.18. The van der Waals surface area contributed by atoms with E-state index < -0.39 is 6.09 Å². The summed E-state index contributed by atoms with van der Waals surface area (Å²) in [5.74, 6) is 0.276. The van der Waals surface area contributed by atoms with Crippen molar-refractivity contribution in [3.05, 3.63) is 41.0 Å². The second-order valence-electron chi connectivity index (χ2n) is 6.18. The molecule has 0 unspecified atom stereocenters. The number of unbranched alkanes of at least 4 members (excludes halogenated alkanes) is 4. The average molecular weight is 315 g/mol. The molecule has 0 atom stereocenters. The van der Waals surface area contributed by atoms with E-state index in [0.717, 1.165) is 48.8 Å². The molecule has 0 spiro atoms. The van der Waals surface area contributed by atoms with Gasteiger partial charge in [0.1, 0.15) is 5.78 Å². The van der Waals surface area contributed by atoms with Crippen LogP contribution in [-0.4, -0.2) is 21.9 Å². The van der Waals surface area contributed by atoms with E-state index in [1.54, 1.807) is 6.92 Å². The Morgan fingerprint density at radius 3 is 2.70 bits per heavy atom. The Labute approximate surface area is 137 Å². The molecule has 2 rings (SSSR count). The zero-order valence-corrected chi connectivity index (χ0v) is 13.8. The van der Waals surface area contributed by atoms with E-state index in [-0.39, 0.29) is 5.78 Å². The zero-order valence-electron chi connectivity index (χ0n) is 13.8. The first-order valence-corrected chi connectivity index (χ1v) is 8.32. The van der Waals surface area contributed by atoms with E-state index in [1.807, 2.05) is 18.2 Å². The Balaban J connectivity index is 1.77. The van der Waals surface area contributed by atoms with Crippen LogP contribution in [0.3, 0.4) is 0 Å². The quantitative estimate of drug-likeness (QED) is 0.712. The van der Waals surface area contributed by atoms with Gasteiger partial charge in [0, 0.05) is 13.0 Å². The molecule has 0 aliphatic carbocycles. The fraction of sp³-hybridized carbons (Fsp3) is 0.474. The molecule has 0 fully saturated rings. The van der Waals surface area contributed by atoms with Crippen molar-refractivity contribution in [2.75, 3.05) is 0 Å². The van der Waals surface area contributed by atoms with Gasteiger partial charge in [-0.1, -0.05) is 43.2 Å². The van der Waals surface area contributed by atoms with E-state index in [4.69, 9.17) is 5.11 Å². The third-order valence-electron chi connectivity index (χ3n) is 4.24. The second kappa shape index (κ2) is 8.51. The summed E-state index contributed by atoms with van der Waals surface area (Å²) in [6, 6.07) is 6.05. The Bertz CT molecular complexity index is 592. The highest BCUT2D eigenvalue weighted by atomic mass is 16.4. The summed E-state index contributed by atoms with van der Waals surface area (Å²) in [5.41, 5.74) is 3.37. The van der Waals surface area contributed by atoms with Gasteiger partial charge in [0.2, 0.25) is 0 Å². The number of benzene rings is 1. The normalized spacial score (nSPS) is 13.5. The number of Topliss-reactive ketones (excluding diaryl/α,β-unsaturated/α-hetero) is 1. The van der Waals surface area contributed by atoms with Gasteiger partial charge < -0.3 is 9.90 Å². The lowest BCUT2D eigenvalue weighted by molar-refractivity contribution is -0.117. The highest BCUT2D eigenvalue weighted by molar-refractivity contribution is 5.75. The third kappa shape index (κ3) is 5.23. The van der Waals surface area contributed by atoms with Gasteiger partial charge >= 0.3 is 6.09 Å². The van der Waals surface area contributed by atoms with Crippen LogP contribution in [0.15, 0.2) is 24.3 Å². The van der Waals surface area contributed by atoms with Crippen LogP contribution < -0.4 is 0 Å². The number of carbonyl (C=O) groups excluding carboxylic acids is 1. The summed E-state index contributed by atoms with van der Waals surface area (Å²) in [4.78, 5) is 23.4. The minimum absolute atomic E-state index is 0.276. The third-order valence-corrected chi connectivity index (χ3v) is 4.24. The predicted octanol–water partition coefficient (Wildman–Crippen LogP) is 4.62. The van der Waals surface area contributed by atoms with Gasteiger partial charge in [0.15, 0.2) is 0 Å². The lowest BCUT2D eigenvalue weighted by atomic mass is 10.0. The number of fused-ring (bicyclic) bond motifs is 1. The minimum Gasteiger partial charge on any atom is -0.465 e. The largest absolute Gasteiger partial charge is 0.465 e. The van der Waals surface area contributed by atoms with Crippen LogP contribution in [-0.2, 0) is 17.9 Å². The maximum atomic E-state index is 11.1. The molecular weight excluding hydrogens is 290 g/mol. The van der Waals surface area contributed by atoms with Gasteiger partial charge in [-0.05, 0) is 42.9 Å². The van der Waals surface area contributed by atoms with Crippen LogP contribution in [0.25, 0.3) is 6.08 Å². The monoisotopic (exact) mass is 315 g/mol. The SMILES string of the molecule is CC(=O)CCCCCCC=Cc1cccc2c1CN(C(=O)O)C2. The van der Waals surface area contributed by atoms with Crippen molar-refractivity contribution in [3.63, 3.8) is 0 Å². The highest BCUT2D eigenvalue weighted by Crippen LogP contribution is 2.27. The Morgan fingerprint density at radius 1 is 1.17 bits per heavy atom. The van der Waals surface area contributed by atoms with Crippen molar-refractivity contribution < 1.29 is 14.7 Å². The molecule has 0 bridgehead atoms. The standard InChI is InChI=1S/C19H25NO3/c1-15(21)9-6-4-2-3-5-7-10-16-11-8-12-17-13-20(19(22)23)14-18(16)17/h7-8,10-12H,2-6,9,13-14H2,1H3,(H,22,23).